The van der Waals surface area contributed by atoms with Crippen LogP contribution in [0.5, 0.6) is 5.75 Å². The first kappa shape index (κ1) is 24.1. The number of aliphatic hydroxyl groups excluding tert-OH is 1. The van der Waals surface area contributed by atoms with Crippen molar-refractivity contribution in [1.29, 1.82) is 0 Å². The monoisotopic (exact) mass is 469 g/mol. The standard InChI is InChI=1S/C25H35N5O4/c1-15(2)19-9-8-16(3)11-20(19)34-14-18(31)13-30-21-22(28(5)25(33)27-23(21)32)26-24(30)29-10-6-7-17(4)12-29/h8-9,11,15,17-18,31H,6-7,10,12-14H2,1-5H3,(H,27,32,33)/t17-,18+/m0/s1. The summed E-state index contributed by atoms with van der Waals surface area (Å²) in [6.45, 7) is 10.2. The van der Waals surface area contributed by atoms with Gasteiger partial charge in [0, 0.05) is 20.1 Å². The molecule has 1 saturated heterocycles. The van der Waals surface area contributed by atoms with Crippen molar-refractivity contribution < 1.29 is 9.84 Å². The normalized spacial score (nSPS) is 17.5. The Morgan fingerprint density at radius 1 is 1.29 bits per heavy atom. The van der Waals surface area contributed by atoms with Crippen molar-refractivity contribution in [3.63, 3.8) is 0 Å². The second-order valence-corrected chi connectivity index (χ2v) is 9.87. The number of H-pyrrole nitrogens is 1. The van der Waals surface area contributed by atoms with Crippen LogP contribution in [0.2, 0.25) is 0 Å². The third kappa shape index (κ3) is 4.75. The van der Waals surface area contributed by atoms with E-state index in [1.807, 2.05) is 13.0 Å². The summed E-state index contributed by atoms with van der Waals surface area (Å²) in [4.78, 5) is 34.2. The van der Waals surface area contributed by atoms with E-state index in [0.717, 1.165) is 42.8 Å². The second-order valence-electron chi connectivity index (χ2n) is 9.87. The highest BCUT2D eigenvalue weighted by atomic mass is 16.5. The number of ether oxygens (including phenoxy) is 1. The number of rotatable bonds is 7. The summed E-state index contributed by atoms with van der Waals surface area (Å²) in [6, 6.07) is 6.09. The van der Waals surface area contributed by atoms with E-state index in [4.69, 9.17) is 9.72 Å². The summed E-state index contributed by atoms with van der Waals surface area (Å²) >= 11 is 0. The van der Waals surface area contributed by atoms with Crippen LogP contribution in [0.15, 0.2) is 27.8 Å². The van der Waals surface area contributed by atoms with Crippen molar-refractivity contribution in [2.45, 2.75) is 59.1 Å². The van der Waals surface area contributed by atoms with Gasteiger partial charge >= 0.3 is 5.69 Å². The number of hydrogen-bond donors (Lipinski definition) is 2. The number of aromatic amines is 1. The molecule has 0 unspecified atom stereocenters. The van der Waals surface area contributed by atoms with Gasteiger partial charge in [0.25, 0.3) is 5.56 Å². The first-order valence-electron chi connectivity index (χ1n) is 12.0. The van der Waals surface area contributed by atoms with E-state index in [-0.39, 0.29) is 24.6 Å². The van der Waals surface area contributed by atoms with Crippen LogP contribution in [0.25, 0.3) is 11.2 Å². The lowest BCUT2D eigenvalue weighted by Crippen LogP contribution is -2.37. The van der Waals surface area contributed by atoms with Crippen LogP contribution in [0.1, 0.15) is 50.7 Å². The van der Waals surface area contributed by atoms with Crippen LogP contribution < -0.4 is 20.9 Å². The van der Waals surface area contributed by atoms with Gasteiger partial charge < -0.3 is 19.3 Å². The zero-order valence-electron chi connectivity index (χ0n) is 20.7. The molecule has 0 spiro atoms. The Balaban J connectivity index is 1.66. The molecule has 1 aliphatic rings. The van der Waals surface area contributed by atoms with Crippen LogP contribution in [-0.4, -0.2) is 50.0 Å². The molecule has 1 aliphatic heterocycles. The maximum absolute atomic E-state index is 12.8. The molecule has 2 atom stereocenters. The van der Waals surface area contributed by atoms with Crippen molar-refractivity contribution in [3.8, 4) is 5.75 Å². The Morgan fingerprint density at radius 2 is 2.06 bits per heavy atom. The molecular weight excluding hydrogens is 434 g/mol. The smallest absolute Gasteiger partial charge is 0.329 e. The summed E-state index contributed by atoms with van der Waals surface area (Å²) in [7, 11) is 1.59. The summed E-state index contributed by atoms with van der Waals surface area (Å²) in [5.74, 6) is 2.15. The molecule has 1 aromatic carbocycles. The summed E-state index contributed by atoms with van der Waals surface area (Å²) in [5, 5.41) is 11.0. The van der Waals surface area contributed by atoms with Gasteiger partial charge in [0.05, 0.1) is 6.54 Å². The van der Waals surface area contributed by atoms with Crippen LogP contribution in [-0.2, 0) is 13.6 Å². The van der Waals surface area contributed by atoms with Crippen molar-refractivity contribution in [2.75, 3.05) is 24.6 Å². The Hall–Kier alpha value is -3.07. The molecule has 1 fully saturated rings. The van der Waals surface area contributed by atoms with Crippen molar-refractivity contribution in [1.82, 2.24) is 19.1 Å². The predicted octanol–water partition coefficient (Wildman–Crippen LogP) is 2.53. The molecule has 2 aromatic heterocycles. The molecule has 3 heterocycles. The number of aliphatic hydroxyl groups is 1. The van der Waals surface area contributed by atoms with E-state index in [0.29, 0.717) is 17.5 Å². The SMILES string of the molecule is Cc1ccc(C(C)C)c(OC[C@H](O)Cn2c(N3CCC[C@H](C)C3)nc3c2c(=O)[nH]c(=O)n3C)c1. The van der Waals surface area contributed by atoms with E-state index in [9.17, 15) is 14.7 Å². The van der Waals surface area contributed by atoms with E-state index in [2.05, 4.69) is 42.8 Å². The Bertz CT molecular complexity index is 1290. The molecule has 0 aliphatic carbocycles. The lowest BCUT2D eigenvalue weighted by atomic mass is 10.0. The molecule has 4 rings (SSSR count). The summed E-state index contributed by atoms with van der Waals surface area (Å²) in [6.07, 6.45) is 1.29. The van der Waals surface area contributed by atoms with Gasteiger partial charge in [0.2, 0.25) is 5.95 Å². The third-order valence-corrected chi connectivity index (χ3v) is 6.54. The van der Waals surface area contributed by atoms with Gasteiger partial charge in [-0.3, -0.25) is 14.3 Å². The first-order valence-corrected chi connectivity index (χ1v) is 12.0. The fraction of sp³-hybridized carbons (Fsp3) is 0.560. The van der Waals surface area contributed by atoms with Crippen molar-refractivity contribution >= 4 is 17.1 Å². The van der Waals surface area contributed by atoms with Gasteiger partial charge in [-0.1, -0.05) is 32.9 Å². The zero-order valence-corrected chi connectivity index (χ0v) is 20.7. The number of benzene rings is 1. The van der Waals surface area contributed by atoms with Gasteiger partial charge in [-0.25, -0.2) is 4.79 Å². The van der Waals surface area contributed by atoms with E-state index < -0.39 is 17.4 Å². The number of nitrogens with zero attached hydrogens (tertiary/aromatic N) is 4. The molecule has 0 radical (unpaired) electrons. The number of fused-ring (bicyclic) bond motifs is 1. The number of anilines is 1. The topological polar surface area (TPSA) is 105 Å². The minimum absolute atomic E-state index is 0.0718. The molecule has 0 bridgehead atoms. The van der Waals surface area contributed by atoms with Crippen LogP contribution in [0, 0.1) is 12.8 Å². The van der Waals surface area contributed by atoms with Gasteiger partial charge in [-0.15, -0.1) is 0 Å². The Labute approximate surface area is 199 Å². The highest BCUT2D eigenvalue weighted by Crippen LogP contribution is 2.28. The minimum atomic E-state index is -0.879. The maximum atomic E-state index is 12.8. The quantitative estimate of drug-likeness (QED) is 0.551. The zero-order chi connectivity index (χ0) is 24.6. The minimum Gasteiger partial charge on any atom is -0.491 e. The number of hydrogen-bond acceptors (Lipinski definition) is 6. The molecule has 2 N–H and O–H groups in total. The molecule has 184 valence electrons. The molecule has 3 aromatic rings. The molecular formula is C25H35N5O4. The first-order chi connectivity index (χ1) is 16.2. The number of piperidine rings is 1. The Kier molecular flexibility index (Phi) is 6.84. The fourth-order valence-electron chi connectivity index (χ4n) is 4.70. The van der Waals surface area contributed by atoms with Crippen LogP contribution in [0.3, 0.4) is 0 Å². The van der Waals surface area contributed by atoms with Gasteiger partial charge in [-0.2, -0.15) is 4.98 Å². The maximum Gasteiger partial charge on any atom is 0.329 e. The largest absolute Gasteiger partial charge is 0.491 e. The highest BCUT2D eigenvalue weighted by Gasteiger charge is 2.26. The molecule has 0 saturated carbocycles. The summed E-state index contributed by atoms with van der Waals surface area (Å²) < 4.78 is 9.12. The van der Waals surface area contributed by atoms with E-state index >= 15 is 0 Å². The van der Waals surface area contributed by atoms with Crippen molar-refractivity contribution in [3.05, 3.63) is 50.2 Å². The van der Waals surface area contributed by atoms with Crippen LogP contribution >= 0.6 is 0 Å². The predicted molar refractivity (Wildman–Crippen MR) is 133 cm³/mol. The highest BCUT2D eigenvalue weighted by molar-refractivity contribution is 5.74. The number of nitrogens with one attached hydrogen (secondary N) is 1. The molecule has 0 amide bonds. The molecule has 9 nitrogen and oxygen atoms in total. The van der Waals surface area contributed by atoms with Crippen LogP contribution in [0.4, 0.5) is 5.95 Å². The lowest BCUT2D eigenvalue weighted by molar-refractivity contribution is 0.0929. The number of aryl methyl sites for hydroxylation is 2. The average Bonchev–Trinajstić information content (AvgIpc) is 3.15. The molecule has 9 heteroatoms. The number of aromatic nitrogens is 4. The van der Waals surface area contributed by atoms with Gasteiger partial charge in [-0.05, 0) is 48.8 Å². The van der Waals surface area contributed by atoms with Gasteiger partial charge in [0.15, 0.2) is 11.2 Å². The summed E-state index contributed by atoms with van der Waals surface area (Å²) in [5.41, 5.74) is 1.76. The lowest BCUT2D eigenvalue weighted by Gasteiger charge is -2.32. The van der Waals surface area contributed by atoms with E-state index in [1.165, 1.54) is 4.57 Å². The average molecular weight is 470 g/mol. The van der Waals surface area contributed by atoms with E-state index in [1.54, 1.807) is 11.6 Å². The fourth-order valence-corrected chi connectivity index (χ4v) is 4.70. The second kappa shape index (κ2) is 9.66. The third-order valence-electron chi connectivity index (χ3n) is 6.54. The molecule has 34 heavy (non-hydrogen) atoms. The number of imidazole rings is 1. The Morgan fingerprint density at radius 3 is 2.76 bits per heavy atom. The van der Waals surface area contributed by atoms with Crippen molar-refractivity contribution in [2.24, 2.45) is 13.0 Å². The van der Waals surface area contributed by atoms with Gasteiger partial charge in [0.1, 0.15) is 18.5 Å².